The van der Waals surface area contributed by atoms with Crippen molar-refractivity contribution < 1.29 is 4.74 Å². The lowest BCUT2D eigenvalue weighted by atomic mass is 10.2. The molecule has 0 saturated carbocycles. The van der Waals surface area contributed by atoms with Crippen molar-refractivity contribution >= 4 is 15.9 Å². The summed E-state index contributed by atoms with van der Waals surface area (Å²) in [6.45, 7) is 5.43. The molecule has 0 aliphatic rings. The molecule has 1 aromatic carbocycles. The molecule has 0 saturated heterocycles. The maximum atomic E-state index is 8.75. The zero-order valence-corrected chi connectivity index (χ0v) is 11.0. The van der Waals surface area contributed by atoms with Gasteiger partial charge in [-0.2, -0.15) is 5.26 Å². The number of hydrogen-bond acceptors (Lipinski definition) is 3. The van der Waals surface area contributed by atoms with E-state index in [9.17, 15) is 0 Å². The molecule has 4 heteroatoms. The fourth-order valence-electron chi connectivity index (χ4n) is 1.29. The summed E-state index contributed by atoms with van der Waals surface area (Å²) in [5.74, 6) is 0.748. The van der Waals surface area contributed by atoms with E-state index < -0.39 is 6.10 Å². The van der Waals surface area contributed by atoms with Crippen molar-refractivity contribution in [3.63, 3.8) is 0 Å². The number of rotatable bonds is 5. The Labute approximate surface area is 105 Å². The zero-order chi connectivity index (χ0) is 12.0. The van der Waals surface area contributed by atoms with Crippen LogP contribution >= 0.6 is 15.9 Å². The quantitative estimate of drug-likeness (QED) is 0.903. The maximum absolute atomic E-state index is 8.75. The van der Waals surface area contributed by atoms with Crippen molar-refractivity contribution in [3.8, 4) is 11.8 Å². The first-order chi connectivity index (χ1) is 7.69. The van der Waals surface area contributed by atoms with Crippen LogP contribution in [0.5, 0.6) is 5.75 Å². The molecular formula is C12H15BrN2O. The van der Waals surface area contributed by atoms with E-state index >= 15 is 0 Å². The molecule has 1 N–H and O–H groups in total. The van der Waals surface area contributed by atoms with E-state index in [0.717, 1.165) is 28.9 Å². The second-order valence-electron chi connectivity index (χ2n) is 3.40. The summed E-state index contributed by atoms with van der Waals surface area (Å²) in [5.41, 5.74) is 1.05. The third-order valence-electron chi connectivity index (χ3n) is 2.09. The van der Waals surface area contributed by atoms with Gasteiger partial charge >= 0.3 is 0 Å². The van der Waals surface area contributed by atoms with Gasteiger partial charge in [-0.05, 0) is 35.5 Å². The van der Waals surface area contributed by atoms with Crippen LogP contribution in [-0.2, 0) is 6.54 Å². The molecule has 1 unspecified atom stereocenters. The Morgan fingerprint density at radius 3 is 2.94 bits per heavy atom. The first kappa shape index (κ1) is 13.0. The zero-order valence-electron chi connectivity index (χ0n) is 9.46. The number of benzene rings is 1. The van der Waals surface area contributed by atoms with Gasteiger partial charge in [0.1, 0.15) is 11.8 Å². The first-order valence-electron chi connectivity index (χ1n) is 5.23. The number of ether oxygens (including phenoxy) is 1. The van der Waals surface area contributed by atoms with Crippen LogP contribution in [0.1, 0.15) is 19.4 Å². The second-order valence-corrected chi connectivity index (χ2v) is 4.25. The van der Waals surface area contributed by atoms with Crippen LogP contribution in [0.4, 0.5) is 0 Å². The van der Waals surface area contributed by atoms with Crippen LogP contribution in [0.25, 0.3) is 0 Å². The summed E-state index contributed by atoms with van der Waals surface area (Å²) < 4.78 is 6.45. The molecule has 3 nitrogen and oxygen atoms in total. The summed E-state index contributed by atoms with van der Waals surface area (Å²) in [6, 6.07) is 7.92. The lowest BCUT2D eigenvalue weighted by Crippen LogP contribution is -2.15. The molecule has 86 valence electrons. The minimum atomic E-state index is -0.445. The fraction of sp³-hybridized carbons (Fsp3) is 0.417. The Morgan fingerprint density at radius 2 is 2.31 bits per heavy atom. The molecule has 0 heterocycles. The summed E-state index contributed by atoms with van der Waals surface area (Å²) in [4.78, 5) is 0. The molecule has 1 atom stereocenters. The normalized spacial score (nSPS) is 11.9. The lowest BCUT2D eigenvalue weighted by molar-refractivity contribution is 0.271. The topological polar surface area (TPSA) is 45.0 Å². The molecule has 0 spiro atoms. The summed E-state index contributed by atoms with van der Waals surface area (Å²) >= 11 is 3.43. The van der Waals surface area contributed by atoms with Gasteiger partial charge < -0.3 is 10.1 Å². The predicted molar refractivity (Wildman–Crippen MR) is 67.2 cm³/mol. The minimum Gasteiger partial charge on any atom is -0.474 e. The van der Waals surface area contributed by atoms with E-state index in [2.05, 4.69) is 34.2 Å². The van der Waals surface area contributed by atoms with Crippen molar-refractivity contribution in [2.24, 2.45) is 0 Å². The molecule has 0 amide bonds. The van der Waals surface area contributed by atoms with E-state index in [1.165, 1.54) is 0 Å². The number of halogens is 1. The van der Waals surface area contributed by atoms with Gasteiger partial charge in [-0.3, -0.25) is 0 Å². The number of nitrogens with one attached hydrogen (secondary N) is 1. The number of hydrogen-bond donors (Lipinski definition) is 1. The number of nitriles is 1. The van der Waals surface area contributed by atoms with Crippen LogP contribution < -0.4 is 10.1 Å². The van der Waals surface area contributed by atoms with Crippen LogP contribution in [0.3, 0.4) is 0 Å². The van der Waals surface area contributed by atoms with Gasteiger partial charge in [-0.15, -0.1) is 0 Å². The van der Waals surface area contributed by atoms with Gasteiger partial charge in [0.25, 0.3) is 0 Å². The van der Waals surface area contributed by atoms with Crippen molar-refractivity contribution in [2.45, 2.75) is 26.5 Å². The van der Waals surface area contributed by atoms with Crippen molar-refractivity contribution in [3.05, 3.63) is 28.2 Å². The van der Waals surface area contributed by atoms with Crippen LogP contribution in [-0.4, -0.2) is 12.6 Å². The molecule has 0 radical (unpaired) electrons. The molecule has 0 bridgehead atoms. The highest BCUT2D eigenvalue weighted by molar-refractivity contribution is 9.10. The van der Waals surface area contributed by atoms with Crippen LogP contribution in [0.2, 0.25) is 0 Å². The Morgan fingerprint density at radius 1 is 1.56 bits per heavy atom. The molecular weight excluding hydrogens is 268 g/mol. The average Bonchev–Trinajstić information content (AvgIpc) is 2.29. The average molecular weight is 283 g/mol. The summed E-state index contributed by atoms with van der Waals surface area (Å²) in [6.07, 6.45) is -0.445. The van der Waals surface area contributed by atoms with Gasteiger partial charge in [0.15, 0.2) is 6.10 Å². The van der Waals surface area contributed by atoms with E-state index in [1.54, 1.807) is 6.92 Å². The highest BCUT2D eigenvalue weighted by atomic mass is 79.9. The van der Waals surface area contributed by atoms with Gasteiger partial charge in [0.2, 0.25) is 0 Å². The van der Waals surface area contributed by atoms with Gasteiger partial charge in [0.05, 0.1) is 4.47 Å². The van der Waals surface area contributed by atoms with E-state index in [1.807, 2.05) is 18.2 Å². The van der Waals surface area contributed by atoms with Gasteiger partial charge in [-0.25, -0.2) is 0 Å². The molecule has 1 aromatic rings. The Kier molecular flexibility index (Phi) is 5.30. The second kappa shape index (κ2) is 6.51. The van der Waals surface area contributed by atoms with E-state index in [-0.39, 0.29) is 0 Å². The maximum Gasteiger partial charge on any atom is 0.181 e. The minimum absolute atomic E-state index is 0.445. The molecule has 16 heavy (non-hydrogen) atoms. The number of nitrogens with zero attached hydrogens (tertiary/aromatic N) is 1. The van der Waals surface area contributed by atoms with Gasteiger partial charge in [-0.1, -0.05) is 19.1 Å². The summed E-state index contributed by atoms with van der Waals surface area (Å²) in [7, 11) is 0. The van der Waals surface area contributed by atoms with Crippen molar-refractivity contribution in [1.29, 1.82) is 5.26 Å². The molecule has 0 aliphatic heterocycles. The highest BCUT2D eigenvalue weighted by Crippen LogP contribution is 2.29. The third kappa shape index (κ3) is 3.51. The first-order valence-corrected chi connectivity index (χ1v) is 6.02. The molecule has 0 fully saturated rings. The largest absolute Gasteiger partial charge is 0.474 e. The van der Waals surface area contributed by atoms with E-state index in [0.29, 0.717) is 0 Å². The molecule has 0 aromatic heterocycles. The van der Waals surface area contributed by atoms with Gasteiger partial charge in [0, 0.05) is 12.1 Å². The predicted octanol–water partition coefficient (Wildman–Crippen LogP) is 2.85. The Balaban J connectivity index is 2.90. The van der Waals surface area contributed by atoms with Crippen molar-refractivity contribution in [1.82, 2.24) is 5.32 Å². The van der Waals surface area contributed by atoms with Crippen LogP contribution in [0.15, 0.2) is 22.7 Å². The standard InChI is InChI=1S/C12H15BrN2O/c1-3-15-8-10-5-4-6-11(13)12(10)16-9(2)7-14/h4-6,9,15H,3,8H2,1-2H3. The van der Waals surface area contributed by atoms with E-state index in [4.69, 9.17) is 10.00 Å². The lowest BCUT2D eigenvalue weighted by Gasteiger charge is -2.14. The van der Waals surface area contributed by atoms with Crippen molar-refractivity contribution in [2.75, 3.05) is 6.54 Å². The highest BCUT2D eigenvalue weighted by Gasteiger charge is 2.10. The molecule has 1 rings (SSSR count). The Bertz CT molecular complexity index is 387. The third-order valence-corrected chi connectivity index (χ3v) is 2.71. The fourth-order valence-corrected chi connectivity index (χ4v) is 1.79. The number of para-hydroxylation sites is 1. The Hall–Kier alpha value is -1.05. The van der Waals surface area contributed by atoms with Crippen LogP contribution in [0, 0.1) is 11.3 Å². The monoisotopic (exact) mass is 282 g/mol. The molecule has 0 aliphatic carbocycles. The smallest absolute Gasteiger partial charge is 0.181 e. The SMILES string of the molecule is CCNCc1cccc(Br)c1OC(C)C#N. The summed E-state index contributed by atoms with van der Waals surface area (Å²) in [5, 5.41) is 12.0.